The molecule has 0 aliphatic heterocycles. The van der Waals surface area contributed by atoms with Gasteiger partial charge in [-0.25, -0.2) is 16.0 Å². The van der Waals surface area contributed by atoms with E-state index in [1.807, 2.05) is 0 Å². The largest absolute Gasteiger partial charge is 0.459 e. The van der Waals surface area contributed by atoms with Crippen LogP contribution in [0, 0.1) is 5.41 Å². The maximum Gasteiger partial charge on any atom is 0.337 e. The number of nitrogens with zero attached hydrogens (tertiary/aromatic N) is 1. The lowest BCUT2D eigenvalue weighted by atomic mass is 10.8. The number of amidine groups is 1. The summed E-state index contributed by atoms with van der Waals surface area (Å²) in [6.07, 6.45) is 0. The minimum atomic E-state index is -1.68. The molecule has 0 saturated heterocycles. The van der Waals surface area contributed by atoms with Gasteiger partial charge >= 0.3 is 12.1 Å². The first-order valence-electron chi connectivity index (χ1n) is 2.86. The molecule has 0 unspecified atom stereocenters. The molecule has 9 heteroatoms. The highest BCUT2D eigenvalue weighted by molar-refractivity contribution is 6.67. The quantitative estimate of drug-likeness (QED) is 0.158. The maximum absolute atomic E-state index is 10.4. The first-order chi connectivity index (χ1) is 5.74. The summed E-state index contributed by atoms with van der Waals surface area (Å²) in [4.78, 5) is 10.4. The molecule has 0 atom stereocenters. The van der Waals surface area contributed by atoms with Crippen LogP contribution in [0.5, 0.6) is 0 Å². The number of ether oxygens (including phenoxy) is 1. The Morgan fingerprint density at radius 2 is 2.00 bits per heavy atom. The standard InChI is InChI=1S/C4H7Cl3N4O2/c5-4(6,7)1-13-3(9)11(10)2(8)12/h9H,1,10H2,(H2,8,12). The Hall–Kier alpha value is -0.430. The number of hydrogen-bond acceptors (Lipinski definition) is 4. The van der Waals surface area contributed by atoms with Crippen molar-refractivity contribution in [3.8, 4) is 0 Å². The summed E-state index contributed by atoms with van der Waals surface area (Å²) in [6, 6.07) is -1.74. The lowest BCUT2D eigenvalue weighted by Crippen LogP contribution is -2.47. The molecular formula is C4H7Cl3N4O2. The fourth-order valence-electron chi connectivity index (χ4n) is 0.320. The molecule has 0 fully saturated rings. The second kappa shape index (κ2) is 4.71. The second-order valence-corrected chi connectivity index (χ2v) is 4.43. The summed E-state index contributed by atoms with van der Waals surface area (Å²) >= 11 is 15.9. The van der Waals surface area contributed by atoms with Crippen LogP contribution in [-0.4, -0.2) is 27.5 Å². The highest BCUT2D eigenvalue weighted by Gasteiger charge is 2.23. The van der Waals surface area contributed by atoms with Gasteiger partial charge in [0.2, 0.25) is 3.79 Å². The Kier molecular flexibility index (Phi) is 4.55. The zero-order valence-electron chi connectivity index (χ0n) is 6.26. The van der Waals surface area contributed by atoms with Crippen LogP contribution >= 0.6 is 34.8 Å². The molecule has 2 amide bonds. The van der Waals surface area contributed by atoms with E-state index in [-0.39, 0.29) is 5.01 Å². The van der Waals surface area contributed by atoms with Crippen molar-refractivity contribution < 1.29 is 9.53 Å². The van der Waals surface area contributed by atoms with Gasteiger partial charge in [-0.1, -0.05) is 34.8 Å². The SMILES string of the molecule is N=C(OCC(Cl)(Cl)Cl)N(N)C(N)=O. The first-order valence-corrected chi connectivity index (χ1v) is 4.00. The third kappa shape index (κ3) is 5.75. The number of rotatable bonds is 1. The lowest BCUT2D eigenvalue weighted by Gasteiger charge is -2.17. The van der Waals surface area contributed by atoms with E-state index in [1.165, 1.54) is 0 Å². The van der Waals surface area contributed by atoms with Gasteiger partial charge in [0.05, 0.1) is 0 Å². The van der Waals surface area contributed by atoms with Gasteiger partial charge in [-0.3, -0.25) is 0 Å². The number of amides is 2. The average Bonchev–Trinajstić information content (AvgIpc) is 1.97. The number of halogens is 3. The number of alkyl halides is 3. The molecule has 0 aliphatic rings. The Bertz CT molecular complexity index is 216. The molecule has 0 radical (unpaired) electrons. The predicted octanol–water partition coefficient (Wildman–Crippen LogP) is 0.562. The number of carbonyl (C=O) groups is 1. The summed E-state index contributed by atoms with van der Waals surface area (Å²) in [5.41, 5.74) is 4.72. The number of primary amides is 1. The Morgan fingerprint density at radius 3 is 2.31 bits per heavy atom. The molecule has 0 aromatic rings. The summed E-state index contributed by atoms with van der Waals surface area (Å²) in [7, 11) is 0. The predicted molar refractivity (Wildman–Crippen MR) is 49.6 cm³/mol. The number of hydrogen-bond donors (Lipinski definition) is 3. The van der Waals surface area contributed by atoms with Gasteiger partial charge in [0.1, 0.15) is 6.61 Å². The number of carbonyl (C=O) groups excluding carboxylic acids is 1. The molecule has 0 bridgehead atoms. The lowest BCUT2D eigenvalue weighted by molar-refractivity contribution is 0.206. The summed E-state index contributed by atoms with van der Waals surface area (Å²) < 4.78 is 2.84. The molecule has 5 N–H and O–H groups in total. The molecule has 6 nitrogen and oxygen atoms in total. The fourth-order valence-corrected chi connectivity index (χ4v) is 0.483. The maximum atomic E-state index is 10.4. The zero-order chi connectivity index (χ0) is 10.6. The summed E-state index contributed by atoms with van der Waals surface area (Å²) in [5.74, 6) is 4.97. The van der Waals surface area contributed by atoms with Crippen LogP contribution in [0.2, 0.25) is 0 Å². The highest BCUT2D eigenvalue weighted by atomic mass is 35.6. The number of hydrazine groups is 1. The van der Waals surface area contributed by atoms with Crippen LogP contribution in [0.3, 0.4) is 0 Å². The Balaban J connectivity index is 3.96. The third-order valence-corrected chi connectivity index (χ3v) is 1.16. The smallest absolute Gasteiger partial charge is 0.337 e. The van der Waals surface area contributed by atoms with Crippen molar-refractivity contribution in [1.82, 2.24) is 5.01 Å². The second-order valence-electron chi connectivity index (χ2n) is 1.92. The minimum absolute atomic E-state index is 0.274. The third-order valence-electron chi connectivity index (χ3n) is 0.829. The molecule has 0 saturated carbocycles. The van der Waals surface area contributed by atoms with Crippen molar-refractivity contribution in [3.05, 3.63) is 0 Å². The molecule has 13 heavy (non-hydrogen) atoms. The van der Waals surface area contributed by atoms with Crippen molar-refractivity contribution in [3.63, 3.8) is 0 Å². The highest BCUT2D eigenvalue weighted by Crippen LogP contribution is 2.25. The summed E-state index contributed by atoms with van der Waals surface area (Å²) in [6.45, 7) is -0.405. The Morgan fingerprint density at radius 1 is 1.54 bits per heavy atom. The van der Waals surface area contributed by atoms with Crippen LogP contribution in [-0.2, 0) is 4.74 Å². The van der Waals surface area contributed by atoms with E-state index in [0.717, 1.165) is 0 Å². The molecule has 0 spiro atoms. The topological polar surface area (TPSA) is 105 Å². The monoisotopic (exact) mass is 248 g/mol. The van der Waals surface area contributed by atoms with Crippen LogP contribution in [0.15, 0.2) is 0 Å². The van der Waals surface area contributed by atoms with E-state index in [0.29, 0.717) is 0 Å². The minimum Gasteiger partial charge on any atom is -0.459 e. The van der Waals surface area contributed by atoms with Gasteiger partial charge in [-0.15, -0.1) is 0 Å². The van der Waals surface area contributed by atoms with Crippen molar-refractivity contribution in [2.75, 3.05) is 6.61 Å². The fraction of sp³-hybridized carbons (Fsp3) is 0.500. The average molecular weight is 249 g/mol. The van der Waals surface area contributed by atoms with Gasteiger partial charge in [0.25, 0.3) is 0 Å². The molecule has 0 aromatic heterocycles. The molecule has 0 rings (SSSR count). The van der Waals surface area contributed by atoms with Gasteiger partial charge in [-0.2, -0.15) is 5.01 Å². The molecule has 0 heterocycles. The first kappa shape index (κ1) is 12.6. The van der Waals surface area contributed by atoms with E-state index in [4.69, 9.17) is 51.8 Å². The van der Waals surface area contributed by atoms with Gasteiger partial charge in [0, 0.05) is 0 Å². The molecule has 76 valence electrons. The van der Waals surface area contributed by atoms with Crippen LogP contribution in [0.1, 0.15) is 0 Å². The van der Waals surface area contributed by atoms with E-state index < -0.39 is 22.5 Å². The van der Waals surface area contributed by atoms with Gasteiger partial charge < -0.3 is 10.5 Å². The number of urea groups is 1. The van der Waals surface area contributed by atoms with Crippen LogP contribution in [0.4, 0.5) is 4.79 Å². The molecule has 0 aliphatic carbocycles. The van der Waals surface area contributed by atoms with E-state index >= 15 is 0 Å². The van der Waals surface area contributed by atoms with E-state index in [2.05, 4.69) is 4.74 Å². The summed E-state index contributed by atoms with van der Waals surface area (Å²) in [5, 5.41) is 7.28. The number of nitrogens with two attached hydrogens (primary N) is 2. The van der Waals surface area contributed by atoms with Crippen LogP contribution < -0.4 is 11.6 Å². The van der Waals surface area contributed by atoms with E-state index in [1.54, 1.807) is 0 Å². The normalized spacial score (nSPS) is 10.8. The zero-order valence-corrected chi connectivity index (χ0v) is 8.53. The van der Waals surface area contributed by atoms with Crippen molar-refractivity contribution in [2.24, 2.45) is 11.6 Å². The van der Waals surface area contributed by atoms with Crippen molar-refractivity contribution in [1.29, 1.82) is 5.41 Å². The van der Waals surface area contributed by atoms with E-state index in [9.17, 15) is 4.79 Å². The van der Waals surface area contributed by atoms with Crippen molar-refractivity contribution >= 4 is 46.9 Å². The molecule has 0 aromatic carbocycles. The van der Waals surface area contributed by atoms with Gasteiger partial charge in [-0.05, 0) is 0 Å². The van der Waals surface area contributed by atoms with Crippen LogP contribution in [0.25, 0.3) is 0 Å². The Labute approximate surface area is 89.1 Å². The van der Waals surface area contributed by atoms with Crippen molar-refractivity contribution in [2.45, 2.75) is 3.79 Å². The number of nitrogens with one attached hydrogen (secondary N) is 1. The molecular weight excluding hydrogens is 242 g/mol. The van der Waals surface area contributed by atoms with Gasteiger partial charge in [0.15, 0.2) is 0 Å².